The van der Waals surface area contributed by atoms with Gasteiger partial charge in [0.2, 0.25) is 11.8 Å². The summed E-state index contributed by atoms with van der Waals surface area (Å²) in [5.74, 6) is -1.30. The van der Waals surface area contributed by atoms with Crippen molar-refractivity contribution in [3.8, 4) is 0 Å². The van der Waals surface area contributed by atoms with Crippen LogP contribution in [0.1, 0.15) is 13.8 Å². The molecule has 0 radical (unpaired) electrons. The van der Waals surface area contributed by atoms with E-state index in [1.54, 1.807) is 0 Å². The average molecular weight is 763 g/mol. The summed E-state index contributed by atoms with van der Waals surface area (Å²) in [6.07, 6.45) is -29.6. The molecule has 23 heteroatoms. The van der Waals surface area contributed by atoms with Crippen LogP contribution >= 0.6 is 0 Å². The summed E-state index contributed by atoms with van der Waals surface area (Å²) in [4.78, 5) is 24.3. The van der Waals surface area contributed by atoms with Gasteiger partial charge in [-0.05, 0) is 0 Å². The van der Waals surface area contributed by atoms with Crippen LogP contribution in [-0.4, -0.2) is 224 Å². The Hall–Kier alpha value is -1.82. The lowest BCUT2D eigenvalue weighted by molar-refractivity contribution is -0.356. The molecule has 52 heavy (non-hydrogen) atoms. The van der Waals surface area contributed by atoms with Crippen molar-refractivity contribution in [2.75, 3.05) is 33.5 Å². The van der Waals surface area contributed by atoms with Crippen molar-refractivity contribution in [1.29, 1.82) is 0 Å². The van der Waals surface area contributed by atoms with Gasteiger partial charge in [0.25, 0.3) is 0 Å². The number of carbonyl (C=O) groups excluding carboxylic acids is 2. The third kappa shape index (κ3) is 9.34. The molecule has 0 aromatic heterocycles. The van der Waals surface area contributed by atoms with Gasteiger partial charge in [-0.3, -0.25) is 9.59 Å². The van der Waals surface area contributed by atoms with Gasteiger partial charge in [0.1, 0.15) is 97.5 Å². The Morgan fingerprint density at radius 1 is 0.519 bits per heavy atom. The number of hydrogen-bond donors (Lipinski definition) is 13. The van der Waals surface area contributed by atoms with E-state index in [0.29, 0.717) is 0 Å². The van der Waals surface area contributed by atoms with Gasteiger partial charge in [-0.2, -0.15) is 0 Å². The lowest BCUT2D eigenvalue weighted by Gasteiger charge is -2.48. The lowest BCUT2D eigenvalue weighted by atomic mass is 9.94. The zero-order valence-corrected chi connectivity index (χ0v) is 28.4. The monoisotopic (exact) mass is 762 g/mol. The molecule has 0 spiro atoms. The lowest BCUT2D eigenvalue weighted by Crippen LogP contribution is -2.69. The predicted molar refractivity (Wildman–Crippen MR) is 162 cm³/mol. The first-order valence-corrected chi connectivity index (χ1v) is 16.5. The molecule has 2 amide bonds. The minimum absolute atomic E-state index is 0.613. The first-order valence-electron chi connectivity index (χ1n) is 16.5. The molecule has 4 aliphatic rings. The van der Waals surface area contributed by atoms with E-state index in [2.05, 4.69) is 10.6 Å². The summed E-state index contributed by atoms with van der Waals surface area (Å²) < 4.78 is 45.1. The number of rotatable bonds is 13. The molecule has 0 aromatic carbocycles. The molecule has 13 N–H and O–H groups in total. The van der Waals surface area contributed by atoms with Crippen LogP contribution in [0.25, 0.3) is 0 Å². The minimum Gasteiger partial charge on any atom is -0.394 e. The molecule has 0 aromatic rings. The number of nitrogens with one attached hydrogen (secondary N) is 2. The van der Waals surface area contributed by atoms with Crippen molar-refractivity contribution in [2.24, 2.45) is 0 Å². The third-order valence-corrected chi connectivity index (χ3v) is 9.20. The molecule has 0 aliphatic carbocycles. The summed E-state index contributed by atoms with van der Waals surface area (Å²) in [5, 5.41) is 119. The molecule has 20 atom stereocenters. The molecular formula is C29H50N2O21. The van der Waals surface area contributed by atoms with Gasteiger partial charge in [-0.25, -0.2) is 0 Å². The highest BCUT2D eigenvalue weighted by atomic mass is 16.8. The average Bonchev–Trinajstić information content (AvgIpc) is 3.11. The van der Waals surface area contributed by atoms with Gasteiger partial charge < -0.3 is 105 Å². The Morgan fingerprint density at radius 2 is 0.962 bits per heavy atom. The van der Waals surface area contributed by atoms with E-state index in [0.717, 1.165) is 13.8 Å². The quantitative estimate of drug-likeness (QED) is 0.0828. The number of methoxy groups -OCH3 is 1. The highest BCUT2D eigenvalue weighted by molar-refractivity contribution is 5.73. The molecule has 4 rings (SSSR count). The number of ether oxygens (including phenoxy) is 8. The fourth-order valence-corrected chi connectivity index (χ4v) is 6.43. The normalized spacial score (nSPS) is 47.1. The number of carbonyl (C=O) groups is 2. The molecule has 0 saturated carbocycles. The van der Waals surface area contributed by atoms with E-state index in [1.165, 1.54) is 7.11 Å². The van der Waals surface area contributed by atoms with Crippen molar-refractivity contribution < 1.29 is 104 Å². The molecule has 302 valence electrons. The molecule has 0 unspecified atom stereocenters. The summed E-state index contributed by atoms with van der Waals surface area (Å²) in [7, 11) is 1.20. The van der Waals surface area contributed by atoms with E-state index in [-0.39, 0.29) is 0 Å². The maximum atomic E-state index is 12.2. The van der Waals surface area contributed by atoms with Crippen molar-refractivity contribution in [3.05, 3.63) is 0 Å². The Balaban J connectivity index is 1.53. The van der Waals surface area contributed by atoms with Crippen LogP contribution < -0.4 is 10.6 Å². The van der Waals surface area contributed by atoms with Crippen molar-refractivity contribution in [3.63, 3.8) is 0 Å². The first-order chi connectivity index (χ1) is 24.6. The predicted octanol–water partition coefficient (Wildman–Crippen LogP) is -8.81. The van der Waals surface area contributed by atoms with Crippen LogP contribution in [0, 0.1) is 0 Å². The van der Waals surface area contributed by atoms with Gasteiger partial charge in [0.15, 0.2) is 25.2 Å². The van der Waals surface area contributed by atoms with Crippen molar-refractivity contribution in [2.45, 2.75) is 137 Å². The van der Waals surface area contributed by atoms with Gasteiger partial charge in [0, 0.05) is 21.0 Å². The van der Waals surface area contributed by atoms with Gasteiger partial charge in [-0.1, -0.05) is 0 Å². The third-order valence-electron chi connectivity index (χ3n) is 9.20. The molecule has 4 fully saturated rings. The van der Waals surface area contributed by atoms with Crippen molar-refractivity contribution in [1.82, 2.24) is 10.6 Å². The van der Waals surface area contributed by atoms with Crippen LogP contribution in [0.3, 0.4) is 0 Å². The van der Waals surface area contributed by atoms with E-state index >= 15 is 0 Å². The highest BCUT2D eigenvalue weighted by Crippen LogP contribution is 2.32. The summed E-state index contributed by atoms with van der Waals surface area (Å²) in [6, 6.07) is -2.75. The van der Waals surface area contributed by atoms with Crippen LogP contribution in [-0.2, 0) is 47.5 Å². The molecule has 4 saturated heterocycles. The summed E-state index contributed by atoms with van der Waals surface area (Å²) in [6.45, 7) is -0.755. The van der Waals surface area contributed by atoms with Gasteiger partial charge in [0.05, 0.1) is 26.4 Å². The smallest absolute Gasteiger partial charge is 0.217 e. The fourth-order valence-electron chi connectivity index (χ4n) is 6.43. The zero-order valence-electron chi connectivity index (χ0n) is 28.4. The van der Waals surface area contributed by atoms with Crippen LogP contribution in [0.4, 0.5) is 0 Å². The van der Waals surface area contributed by atoms with Crippen LogP contribution in [0.15, 0.2) is 0 Å². The van der Waals surface area contributed by atoms with E-state index in [9.17, 15) is 65.8 Å². The first kappa shape index (κ1) is 42.9. The van der Waals surface area contributed by atoms with Gasteiger partial charge in [-0.15, -0.1) is 0 Å². The SMILES string of the molecule is CO[C@H]1O[C@H](CO[C@@H]2O[C@H](CO)[C@@H](O[C@@H]3O[C@H](CO)[C@H](O)[C@H](O)[C@H]3O)[C@H](O)[C@H]2NC(C)=O)[C@H](O)[C@H](O[C@@H]2O[C@H](CO)[C@H](O)[C@H](O)[C@H]2O)[C@H]1NC(C)=O. The van der Waals surface area contributed by atoms with Crippen molar-refractivity contribution >= 4 is 11.8 Å². The van der Waals surface area contributed by atoms with Crippen LogP contribution in [0.5, 0.6) is 0 Å². The summed E-state index contributed by atoms with van der Waals surface area (Å²) in [5.41, 5.74) is 0. The summed E-state index contributed by atoms with van der Waals surface area (Å²) >= 11 is 0. The highest BCUT2D eigenvalue weighted by Gasteiger charge is 2.54. The van der Waals surface area contributed by atoms with Gasteiger partial charge >= 0.3 is 0 Å². The molecule has 4 heterocycles. The van der Waals surface area contributed by atoms with E-state index in [4.69, 9.17) is 37.9 Å². The maximum Gasteiger partial charge on any atom is 0.217 e. The maximum absolute atomic E-state index is 12.2. The second-order valence-electron chi connectivity index (χ2n) is 12.9. The fraction of sp³-hybridized carbons (Fsp3) is 0.931. The Kier molecular flexibility index (Phi) is 15.4. The van der Waals surface area contributed by atoms with E-state index in [1.807, 2.05) is 0 Å². The topological polar surface area (TPSA) is 355 Å². The number of amides is 2. The molecule has 4 aliphatic heterocycles. The van der Waals surface area contributed by atoms with Crippen LogP contribution in [0.2, 0.25) is 0 Å². The minimum atomic E-state index is -1.88. The Bertz CT molecular complexity index is 1150. The Morgan fingerprint density at radius 3 is 1.42 bits per heavy atom. The largest absolute Gasteiger partial charge is 0.394 e. The molecular weight excluding hydrogens is 712 g/mol. The number of aliphatic hydroxyl groups is 11. The van der Waals surface area contributed by atoms with E-state index < -0.39 is 161 Å². The molecule has 0 bridgehead atoms. The number of hydrogen-bond acceptors (Lipinski definition) is 21. The zero-order chi connectivity index (χ0) is 38.6. The molecule has 23 nitrogen and oxygen atoms in total. The second kappa shape index (κ2) is 18.7. The Labute approximate surface area is 296 Å². The number of aliphatic hydroxyl groups excluding tert-OH is 11. The second-order valence-corrected chi connectivity index (χ2v) is 12.9. The standard InChI is InChI=1S/C29H50N2O21/c1-8(35)30-14-19(40)24(51-28-22(43)20(41)16(37)10(4-32)47-28)12(6-34)49-27(14)46-7-13-18(39)25(15(31-9(2)36)26(45-3)50-13)52-29-23(44)21(42)17(38)11(5-33)48-29/h10-29,32-34,37-44H,4-7H2,1-3H3,(H,30,35)(H,31,36)/t10-,11-,12-,13-,14-,15-,16+,17+,18+,19-,20+,21+,22-,23-,24-,25-,26+,27-,28+,29+/m1/s1.